The number of rotatable bonds is 3. The Bertz CT molecular complexity index is 253. The second-order valence-electron chi connectivity index (χ2n) is 3.68. The highest BCUT2D eigenvalue weighted by Crippen LogP contribution is 2.24. The summed E-state index contributed by atoms with van der Waals surface area (Å²) in [4.78, 5) is 0. The molecule has 0 amide bonds. The number of phenolic OH excluding ortho intramolecular Hbond substituents is 1. The van der Waals surface area contributed by atoms with Gasteiger partial charge in [-0.2, -0.15) is 0 Å². The molecule has 1 aromatic rings. The monoisotopic (exact) mass is 179 g/mol. The van der Waals surface area contributed by atoms with Crippen LogP contribution in [0, 0.1) is 5.92 Å². The van der Waals surface area contributed by atoms with Crippen molar-refractivity contribution >= 4 is 0 Å². The van der Waals surface area contributed by atoms with Crippen LogP contribution in [0.1, 0.15) is 25.3 Å². The Morgan fingerprint density at radius 2 is 1.77 bits per heavy atom. The summed E-state index contributed by atoms with van der Waals surface area (Å²) in [5, 5.41) is 9.12. The van der Waals surface area contributed by atoms with Crippen LogP contribution in [0.25, 0.3) is 0 Å². The lowest BCUT2D eigenvalue weighted by Gasteiger charge is -2.19. The van der Waals surface area contributed by atoms with Crippen LogP contribution in [0.2, 0.25) is 0 Å². The fourth-order valence-corrected chi connectivity index (χ4v) is 1.51. The number of nitrogens with two attached hydrogens (primary N) is 1. The summed E-state index contributed by atoms with van der Waals surface area (Å²) in [5.41, 5.74) is 6.89. The van der Waals surface area contributed by atoms with E-state index in [1.54, 1.807) is 12.1 Å². The number of aromatic hydroxyl groups is 1. The van der Waals surface area contributed by atoms with Gasteiger partial charge in [0.05, 0.1) is 0 Å². The maximum atomic E-state index is 9.12. The van der Waals surface area contributed by atoms with Gasteiger partial charge in [-0.05, 0) is 36.1 Å². The Labute approximate surface area is 79.4 Å². The van der Waals surface area contributed by atoms with Crippen molar-refractivity contribution in [2.75, 3.05) is 6.54 Å². The molecule has 0 fully saturated rings. The van der Waals surface area contributed by atoms with Crippen LogP contribution in [0.4, 0.5) is 0 Å². The van der Waals surface area contributed by atoms with Crippen LogP contribution >= 0.6 is 0 Å². The van der Waals surface area contributed by atoms with E-state index in [0.717, 1.165) is 0 Å². The Balaban J connectivity index is 2.86. The molecule has 72 valence electrons. The first kappa shape index (κ1) is 10.1. The molecule has 1 unspecified atom stereocenters. The van der Waals surface area contributed by atoms with Crippen LogP contribution in [0.3, 0.4) is 0 Å². The van der Waals surface area contributed by atoms with E-state index in [9.17, 15) is 0 Å². The molecule has 0 saturated carbocycles. The van der Waals surface area contributed by atoms with E-state index in [2.05, 4.69) is 13.8 Å². The lowest BCUT2D eigenvalue weighted by Crippen LogP contribution is -2.17. The van der Waals surface area contributed by atoms with Gasteiger partial charge in [0.25, 0.3) is 0 Å². The molecule has 0 aromatic heterocycles. The van der Waals surface area contributed by atoms with Gasteiger partial charge in [-0.1, -0.05) is 26.0 Å². The van der Waals surface area contributed by atoms with Crippen molar-refractivity contribution in [1.29, 1.82) is 0 Å². The predicted octanol–water partition coefficient (Wildman–Crippen LogP) is 2.09. The van der Waals surface area contributed by atoms with Gasteiger partial charge in [-0.25, -0.2) is 0 Å². The Hall–Kier alpha value is -1.02. The van der Waals surface area contributed by atoms with Crippen LogP contribution in [-0.2, 0) is 0 Å². The third-order valence-corrected chi connectivity index (χ3v) is 2.38. The molecule has 0 radical (unpaired) electrons. The van der Waals surface area contributed by atoms with E-state index in [0.29, 0.717) is 24.1 Å². The second kappa shape index (κ2) is 4.28. The third kappa shape index (κ3) is 2.46. The quantitative estimate of drug-likeness (QED) is 0.746. The Kier molecular flexibility index (Phi) is 3.32. The van der Waals surface area contributed by atoms with E-state index in [4.69, 9.17) is 10.8 Å². The molecule has 1 atom stereocenters. The van der Waals surface area contributed by atoms with Gasteiger partial charge in [0.15, 0.2) is 0 Å². The topological polar surface area (TPSA) is 46.2 Å². The molecule has 0 aliphatic rings. The van der Waals surface area contributed by atoms with Gasteiger partial charge >= 0.3 is 0 Å². The Morgan fingerprint density at radius 3 is 2.15 bits per heavy atom. The summed E-state index contributed by atoms with van der Waals surface area (Å²) in [6.45, 7) is 4.97. The zero-order valence-corrected chi connectivity index (χ0v) is 8.20. The van der Waals surface area contributed by atoms with Gasteiger partial charge in [0.1, 0.15) is 5.75 Å². The van der Waals surface area contributed by atoms with Gasteiger partial charge in [0, 0.05) is 0 Å². The first-order chi connectivity index (χ1) is 6.15. The summed E-state index contributed by atoms with van der Waals surface area (Å²) in [6.07, 6.45) is 0. The van der Waals surface area contributed by atoms with Crippen LogP contribution < -0.4 is 5.73 Å². The molecule has 2 heteroatoms. The molecular weight excluding hydrogens is 162 g/mol. The molecule has 0 bridgehead atoms. The predicted molar refractivity (Wildman–Crippen MR) is 54.7 cm³/mol. The lowest BCUT2D eigenvalue weighted by molar-refractivity contribution is 0.472. The molecule has 0 heterocycles. The van der Waals surface area contributed by atoms with Gasteiger partial charge in [0.2, 0.25) is 0 Å². The number of phenols is 1. The lowest BCUT2D eigenvalue weighted by atomic mass is 9.89. The summed E-state index contributed by atoms with van der Waals surface area (Å²) < 4.78 is 0. The Morgan fingerprint density at radius 1 is 1.23 bits per heavy atom. The highest BCUT2D eigenvalue weighted by molar-refractivity contribution is 5.28. The fourth-order valence-electron chi connectivity index (χ4n) is 1.51. The van der Waals surface area contributed by atoms with Crippen LogP contribution in [0.5, 0.6) is 5.75 Å². The van der Waals surface area contributed by atoms with Crippen LogP contribution in [-0.4, -0.2) is 11.7 Å². The number of benzene rings is 1. The standard InChI is InChI=1S/C11H17NO/c1-8(2)11(7-12)9-3-5-10(13)6-4-9/h3-6,8,11,13H,7,12H2,1-2H3. The molecule has 0 aliphatic heterocycles. The minimum absolute atomic E-state index is 0.309. The van der Waals surface area contributed by atoms with Crippen molar-refractivity contribution in [3.8, 4) is 5.75 Å². The summed E-state index contributed by atoms with van der Waals surface area (Å²) in [6, 6.07) is 7.29. The summed E-state index contributed by atoms with van der Waals surface area (Å²) >= 11 is 0. The first-order valence-electron chi connectivity index (χ1n) is 4.64. The zero-order chi connectivity index (χ0) is 9.84. The minimum Gasteiger partial charge on any atom is -0.508 e. The van der Waals surface area contributed by atoms with Crippen molar-refractivity contribution in [1.82, 2.24) is 0 Å². The van der Waals surface area contributed by atoms with Crippen molar-refractivity contribution in [3.05, 3.63) is 29.8 Å². The number of hydrogen-bond acceptors (Lipinski definition) is 2. The molecular formula is C11H17NO. The number of hydrogen-bond donors (Lipinski definition) is 2. The van der Waals surface area contributed by atoms with E-state index in [1.165, 1.54) is 5.56 Å². The maximum Gasteiger partial charge on any atom is 0.115 e. The molecule has 2 nitrogen and oxygen atoms in total. The highest BCUT2D eigenvalue weighted by Gasteiger charge is 2.13. The average molecular weight is 179 g/mol. The average Bonchev–Trinajstić information content (AvgIpc) is 2.09. The maximum absolute atomic E-state index is 9.12. The molecule has 0 saturated heterocycles. The highest BCUT2D eigenvalue weighted by atomic mass is 16.3. The second-order valence-corrected chi connectivity index (χ2v) is 3.68. The first-order valence-corrected chi connectivity index (χ1v) is 4.64. The smallest absolute Gasteiger partial charge is 0.115 e. The van der Waals surface area contributed by atoms with Crippen molar-refractivity contribution in [2.24, 2.45) is 11.7 Å². The SMILES string of the molecule is CC(C)C(CN)c1ccc(O)cc1. The zero-order valence-electron chi connectivity index (χ0n) is 8.20. The van der Waals surface area contributed by atoms with Crippen molar-refractivity contribution < 1.29 is 5.11 Å². The molecule has 13 heavy (non-hydrogen) atoms. The fraction of sp³-hybridized carbons (Fsp3) is 0.455. The van der Waals surface area contributed by atoms with Crippen molar-refractivity contribution in [3.63, 3.8) is 0 Å². The largest absolute Gasteiger partial charge is 0.508 e. The third-order valence-electron chi connectivity index (χ3n) is 2.38. The van der Waals surface area contributed by atoms with E-state index in [-0.39, 0.29) is 0 Å². The van der Waals surface area contributed by atoms with E-state index < -0.39 is 0 Å². The van der Waals surface area contributed by atoms with Crippen molar-refractivity contribution in [2.45, 2.75) is 19.8 Å². The minimum atomic E-state index is 0.309. The van der Waals surface area contributed by atoms with E-state index in [1.807, 2.05) is 12.1 Å². The van der Waals surface area contributed by atoms with Gasteiger partial charge in [-0.3, -0.25) is 0 Å². The van der Waals surface area contributed by atoms with Gasteiger partial charge < -0.3 is 10.8 Å². The van der Waals surface area contributed by atoms with Gasteiger partial charge in [-0.15, -0.1) is 0 Å². The normalized spacial score (nSPS) is 13.2. The van der Waals surface area contributed by atoms with Crippen LogP contribution in [0.15, 0.2) is 24.3 Å². The molecule has 1 aromatic carbocycles. The van der Waals surface area contributed by atoms with E-state index >= 15 is 0 Å². The molecule has 0 aliphatic carbocycles. The summed E-state index contributed by atoms with van der Waals surface area (Å²) in [7, 11) is 0. The molecule has 3 N–H and O–H groups in total. The molecule has 1 rings (SSSR count). The molecule has 0 spiro atoms. The summed E-state index contributed by atoms with van der Waals surface area (Å²) in [5.74, 6) is 1.23.